The van der Waals surface area contributed by atoms with Crippen LogP contribution < -0.4 is 9.46 Å². The van der Waals surface area contributed by atoms with Crippen LogP contribution in [0.4, 0.5) is 5.69 Å². The third-order valence-corrected chi connectivity index (χ3v) is 6.06. The van der Waals surface area contributed by atoms with Crippen molar-refractivity contribution in [2.75, 3.05) is 11.3 Å². The number of anilines is 1. The van der Waals surface area contributed by atoms with Crippen molar-refractivity contribution in [3.05, 3.63) is 102 Å². The van der Waals surface area contributed by atoms with Gasteiger partial charge in [0, 0.05) is 18.2 Å². The third kappa shape index (κ3) is 7.91. The Hall–Kier alpha value is -3.88. The maximum Gasteiger partial charge on any atom is 0.328 e. The van der Waals surface area contributed by atoms with E-state index in [9.17, 15) is 18.3 Å². The molecular formula is C26H25NO6S. The lowest BCUT2D eigenvalue weighted by molar-refractivity contribution is -0.131. The van der Waals surface area contributed by atoms with Gasteiger partial charge >= 0.3 is 5.97 Å². The number of rotatable bonds is 11. The van der Waals surface area contributed by atoms with Gasteiger partial charge in [-0.2, -0.15) is 0 Å². The molecule has 0 saturated carbocycles. The first-order valence-corrected chi connectivity index (χ1v) is 12.0. The molecule has 0 bridgehead atoms. The zero-order valence-electron chi connectivity index (χ0n) is 18.2. The summed E-state index contributed by atoms with van der Waals surface area (Å²) in [5, 5.41) is 18.9. The minimum absolute atomic E-state index is 0.176. The summed E-state index contributed by atoms with van der Waals surface area (Å²) >= 11 is 0. The smallest absolute Gasteiger partial charge is 0.328 e. The number of hydrogen-bond acceptors (Lipinski definition) is 5. The second-order valence-corrected chi connectivity index (χ2v) is 9.03. The van der Waals surface area contributed by atoms with Crippen molar-refractivity contribution in [3.63, 3.8) is 0 Å². The Morgan fingerprint density at radius 3 is 2.38 bits per heavy atom. The molecule has 1 atom stereocenters. The quantitative estimate of drug-likeness (QED) is 0.351. The first-order chi connectivity index (χ1) is 16.3. The summed E-state index contributed by atoms with van der Waals surface area (Å²) in [4.78, 5) is 10.8. The highest BCUT2D eigenvalue weighted by Crippen LogP contribution is 2.18. The molecule has 0 fully saturated rings. The summed E-state index contributed by atoms with van der Waals surface area (Å²) in [5.41, 5.74) is 1.84. The Balaban J connectivity index is 1.53. The molecule has 7 nitrogen and oxygen atoms in total. The van der Waals surface area contributed by atoms with E-state index in [0.717, 1.165) is 11.6 Å². The number of carboxylic acids is 1. The second kappa shape index (κ2) is 11.8. The molecule has 0 aliphatic carbocycles. The molecule has 3 rings (SSSR count). The molecule has 0 amide bonds. The fourth-order valence-electron chi connectivity index (χ4n) is 3.01. The number of aliphatic carboxylic acids is 1. The normalized spacial score (nSPS) is 12.6. The van der Waals surface area contributed by atoms with E-state index < -0.39 is 22.1 Å². The predicted molar refractivity (Wildman–Crippen MR) is 132 cm³/mol. The first kappa shape index (κ1) is 24.8. The maximum absolute atomic E-state index is 12.5. The molecule has 34 heavy (non-hydrogen) atoms. The molecule has 3 aromatic carbocycles. The van der Waals surface area contributed by atoms with Crippen molar-refractivity contribution >= 4 is 33.8 Å². The minimum atomic E-state index is -3.68. The zero-order valence-corrected chi connectivity index (χ0v) is 19.1. The molecule has 0 saturated heterocycles. The molecule has 0 aliphatic rings. The SMILES string of the molecule is O=C(O)/C=C/c1cccc(OCC[C@@H](O)/C=C/c2cccc(NS(=O)(=O)c3ccccc3)c2)c1. The number of benzene rings is 3. The van der Waals surface area contributed by atoms with Crippen molar-refractivity contribution in [2.24, 2.45) is 0 Å². The van der Waals surface area contributed by atoms with E-state index in [-0.39, 0.29) is 11.5 Å². The summed E-state index contributed by atoms with van der Waals surface area (Å²) < 4.78 is 33.2. The van der Waals surface area contributed by atoms with Crippen LogP contribution in [0.5, 0.6) is 5.75 Å². The Morgan fingerprint density at radius 1 is 0.941 bits per heavy atom. The van der Waals surface area contributed by atoms with Crippen molar-refractivity contribution < 1.29 is 28.2 Å². The summed E-state index contributed by atoms with van der Waals surface area (Å²) in [6, 6.07) is 21.9. The van der Waals surface area contributed by atoms with Gasteiger partial charge in [-0.3, -0.25) is 4.72 Å². The van der Waals surface area contributed by atoms with Gasteiger partial charge < -0.3 is 14.9 Å². The van der Waals surface area contributed by atoms with Gasteiger partial charge in [-0.25, -0.2) is 13.2 Å². The van der Waals surface area contributed by atoms with Gasteiger partial charge in [0.15, 0.2) is 0 Å². The highest BCUT2D eigenvalue weighted by atomic mass is 32.2. The number of aliphatic hydroxyl groups excluding tert-OH is 1. The average molecular weight is 480 g/mol. The lowest BCUT2D eigenvalue weighted by Gasteiger charge is -2.10. The van der Waals surface area contributed by atoms with Crippen LogP contribution in [0.25, 0.3) is 12.2 Å². The minimum Gasteiger partial charge on any atom is -0.493 e. The molecular weight excluding hydrogens is 454 g/mol. The molecule has 8 heteroatoms. The number of carboxylic acid groups (broad SMARTS) is 1. The first-order valence-electron chi connectivity index (χ1n) is 10.5. The fourth-order valence-corrected chi connectivity index (χ4v) is 4.08. The predicted octanol–water partition coefficient (Wildman–Crippen LogP) is 4.43. The molecule has 0 aromatic heterocycles. The molecule has 3 N–H and O–H groups in total. The van der Waals surface area contributed by atoms with Gasteiger partial charge in [-0.05, 0) is 53.6 Å². The van der Waals surface area contributed by atoms with Gasteiger partial charge in [0.2, 0.25) is 0 Å². The lowest BCUT2D eigenvalue weighted by Crippen LogP contribution is -2.12. The van der Waals surface area contributed by atoms with Crippen molar-refractivity contribution in [1.29, 1.82) is 0 Å². The summed E-state index contributed by atoms with van der Waals surface area (Å²) in [7, 11) is -3.68. The number of ether oxygens (including phenoxy) is 1. The standard InChI is InChI=1S/C26H25NO6S/c28-23(16-17-33-24-9-5-7-21(19-24)13-15-26(29)30)14-12-20-6-4-8-22(18-20)27-34(31,32)25-10-2-1-3-11-25/h1-15,18-19,23,27-28H,16-17H2,(H,29,30)/b14-12+,15-13+/t23-/m0/s1. The number of sulfonamides is 1. The van der Waals surface area contributed by atoms with E-state index in [1.807, 2.05) is 0 Å². The lowest BCUT2D eigenvalue weighted by atomic mass is 10.1. The monoisotopic (exact) mass is 479 g/mol. The maximum atomic E-state index is 12.5. The fraction of sp³-hybridized carbons (Fsp3) is 0.115. The van der Waals surface area contributed by atoms with Gasteiger partial charge in [0.05, 0.1) is 17.6 Å². The number of carbonyl (C=O) groups is 1. The number of hydrogen-bond donors (Lipinski definition) is 3. The van der Waals surface area contributed by atoms with Crippen LogP contribution >= 0.6 is 0 Å². The van der Waals surface area contributed by atoms with Crippen LogP contribution in [0.15, 0.2) is 95.9 Å². The second-order valence-electron chi connectivity index (χ2n) is 7.35. The van der Waals surface area contributed by atoms with Gasteiger partial charge in [-0.15, -0.1) is 0 Å². The van der Waals surface area contributed by atoms with Crippen LogP contribution in [-0.4, -0.2) is 37.3 Å². The van der Waals surface area contributed by atoms with Crippen LogP contribution in [0, 0.1) is 0 Å². The van der Waals surface area contributed by atoms with E-state index in [4.69, 9.17) is 9.84 Å². The van der Waals surface area contributed by atoms with Crippen LogP contribution in [0.1, 0.15) is 17.5 Å². The Labute approximate surface area is 198 Å². The van der Waals surface area contributed by atoms with Crippen molar-refractivity contribution in [3.8, 4) is 5.75 Å². The Kier molecular flexibility index (Phi) is 8.61. The molecule has 0 spiro atoms. The van der Waals surface area contributed by atoms with E-state index in [0.29, 0.717) is 23.4 Å². The van der Waals surface area contributed by atoms with E-state index in [2.05, 4.69) is 4.72 Å². The molecule has 0 aliphatic heterocycles. The van der Waals surface area contributed by atoms with E-state index in [1.54, 1.807) is 78.9 Å². The molecule has 0 heterocycles. The van der Waals surface area contributed by atoms with Crippen molar-refractivity contribution in [2.45, 2.75) is 17.4 Å². The third-order valence-electron chi connectivity index (χ3n) is 4.66. The highest BCUT2D eigenvalue weighted by molar-refractivity contribution is 7.92. The summed E-state index contributed by atoms with van der Waals surface area (Å²) in [6.07, 6.45) is 5.42. The number of nitrogens with one attached hydrogen (secondary N) is 1. The van der Waals surface area contributed by atoms with E-state index in [1.165, 1.54) is 18.2 Å². The molecule has 0 unspecified atom stereocenters. The summed E-state index contributed by atoms with van der Waals surface area (Å²) in [6.45, 7) is 0.258. The van der Waals surface area contributed by atoms with E-state index >= 15 is 0 Å². The number of aliphatic hydroxyl groups is 1. The topological polar surface area (TPSA) is 113 Å². The molecule has 176 valence electrons. The largest absolute Gasteiger partial charge is 0.493 e. The van der Waals surface area contributed by atoms with Crippen LogP contribution in [-0.2, 0) is 14.8 Å². The van der Waals surface area contributed by atoms with Crippen molar-refractivity contribution in [1.82, 2.24) is 0 Å². The van der Waals surface area contributed by atoms with Gasteiger partial charge in [0.1, 0.15) is 5.75 Å². The highest BCUT2D eigenvalue weighted by Gasteiger charge is 2.13. The summed E-state index contributed by atoms with van der Waals surface area (Å²) in [5.74, 6) is -0.456. The molecule has 0 radical (unpaired) electrons. The zero-order chi connectivity index (χ0) is 24.4. The van der Waals surface area contributed by atoms with Crippen LogP contribution in [0.3, 0.4) is 0 Å². The van der Waals surface area contributed by atoms with Gasteiger partial charge in [0.25, 0.3) is 10.0 Å². The van der Waals surface area contributed by atoms with Gasteiger partial charge in [-0.1, -0.05) is 54.6 Å². The Morgan fingerprint density at radius 2 is 1.65 bits per heavy atom. The average Bonchev–Trinajstić information content (AvgIpc) is 2.82. The molecule has 3 aromatic rings. The Bertz CT molecular complexity index is 1270. The van der Waals surface area contributed by atoms with Crippen LogP contribution in [0.2, 0.25) is 0 Å².